The minimum atomic E-state index is -3.70. The van der Waals surface area contributed by atoms with Gasteiger partial charge in [0.1, 0.15) is 0 Å². The third-order valence-electron chi connectivity index (χ3n) is 4.35. The Labute approximate surface area is 165 Å². The molecule has 1 aromatic rings. The van der Waals surface area contributed by atoms with Crippen LogP contribution in [0.2, 0.25) is 5.02 Å². The molecule has 2 amide bonds. The molecule has 2 rings (SSSR count). The zero-order valence-electron chi connectivity index (χ0n) is 15.4. The Kier molecular flexibility index (Phi) is 8.07. The molecule has 0 radical (unpaired) electrons. The summed E-state index contributed by atoms with van der Waals surface area (Å²) in [5.74, 6) is -0.121. The van der Waals surface area contributed by atoms with Gasteiger partial charge in [0.2, 0.25) is 21.8 Å². The van der Waals surface area contributed by atoms with Crippen LogP contribution >= 0.6 is 11.6 Å². The fourth-order valence-corrected chi connectivity index (χ4v) is 4.35. The lowest BCUT2D eigenvalue weighted by Gasteiger charge is -2.33. The van der Waals surface area contributed by atoms with Crippen LogP contribution in [0.3, 0.4) is 0 Å². The maximum Gasteiger partial charge on any atom is 0.240 e. The lowest BCUT2D eigenvalue weighted by molar-refractivity contribution is -0.133. The van der Waals surface area contributed by atoms with Crippen molar-refractivity contribution in [2.24, 2.45) is 0 Å². The van der Waals surface area contributed by atoms with E-state index in [4.69, 9.17) is 11.6 Å². The lowest BCUT2D eigenvalue weighted by Crippen LogP contribution is -2.50. The summed E-state index contributed by atoms with van der Waals surface area (Å²) in [6.45, 7) is 3.05. The van der Waals surface area contributed by atoms with Gasteiger partial charge in [-0.3, -0.25) is 9.59 Å². The number of carbonyl (C=O) groups excluding carboxylic acids is 2. The van der Waals surface area contributed by atoms with Crippen LogP contribution in [0.1, 0.15) is 39.0 Å². The number of likely N-dealkylation sites (tertiary alicyclic amines) is 1. The maximum absolute atomic E-state index is 12.4. The molecule has 27 heavy (non-hydrogen) atoms. The van der Waals surface area contributed by atoms with Gasteiger partial charge in [-0.2, -0.15) is 0 Å². The van der Waals surface area contributed by atoms with E-state index in [1.807, 2.05) is 6.92 Å². The molecule has 1 fully saturated rings. The lowest BCUT2D eigenvalue weighted by atomic mass is 10.0. The second kappa shape index (κ2) is 10.1. The van der Waals surface area contributed by atoms with Crippen LogP contribution in [0.15, 0.2) is 29.2 Å². The summed E-state index contributed by atoms with van der Waals surface area (Å²) in [7, 11) is -3.70. The first-order valence-corrected chi connectivity index (χ1v) is 11.0. The van der Waals surface area contributed by atoms with E-state index in [1.54, 1.807) is 17.0 Å². The number of hydrogen-bond acceptors (Lipinski definition) is 4. The Morgan fingerprint density at radius 3 is 2.78 bits per heavy atom. The number of sulfonamides is 1. The third kappa shape index (κ3) is 6.79. The largest absolute Gasteiger partial charge is 0.352 e. The molecule has 1 heterocycles. The van der Waals surface area contributed by atoms with Gasteiger partial charge in [-0.1, -0.05) is 24.6 Å². The molecular formula is C18H26ClN3O4S. The number of halogens is 1. The van der Waals surface area contributed by atoms with Crippen molar-refractivity contribution in [3.8, 4) is 0 Å². The van der Waals surface area contributed by atoms with Gasteiger partial charge < -0.3 is 10.2 Å². The fraction of sp³-hybridized carbons (Fsp3) is 0.556. The highest BCUT2D eigenvalue weighted by atomic mass is 35.5. The second-order valence-corrected chi connectivity index (χ2v) is 8.80. The van der Waals surface area contributed by atoms with E-state index >= 15 is 0 Å². The average molecular weight is 416 g/mol. The highest BCUT2D eigenvalue weighted by Gasteiger charge is 2.24. The van der Waals surface area contributed by atoms with Crippen LogP contribution < -0.4 is 10.0 Å². The minimum Gasteiger partial charge on any atom is -0.352 e. The summed E-state index contributed by atoms with van der Waals surface area (Å²) >= 11 is 5.82. The first kappa shape index (κ1) is 21.7. The average Bonchev–Trinajstić information content (AvgIpc) is 2.62. The van der Waals surface area contributed by atoms with Gasteiger partial charge >= 0.3 is 0 Å². The smallest absolute Gasteiger partial charge is 0.240 e. The molecule has 7 nitrogen and oxygen atoms in total. The van der Waals surface area contributed by atoms with Crippen LogP contribution in [0.4, 0.5) is 0 Å². The molecule has 150 valence electrons. The molecule has 1 atom stereocenters. The number of rotatable bonds is 8. The first-order chi connectivity index (χ1) is 12.8. The molecule has 1 saturated heterocycles. The SMILES string of the molecule is CCCC(=O)NC1CCCN(C(=O)CCNS(=O)(=O)c2cccc(Cl)c2)C1. The quantitative estimate of drug-likeness (QED) is 0.678. The first-order valence-electron chi connectivity index (χ1n) is 9.14. The zero-order valence-corrected chi connectivity index (χ0v) is 17.0. The van der Waals surface area contributed by atoms with Crippen LogP contribution in [-0.4, -0.2) is 50.8 Å². The van der Waals surface area contributed by atoms with Crippen molar-refractivity contribution in [1.82, 2.24) is 14.9 Å². The van der Waals surface area contributed by atoms with Crippen LogP contribution in [0.25, 0.3) is 0 Å². The van der Waals surface area contributed by atoms with Gasteiger partial charge in [0.15, 0.2) is 0 Å². The summed E-state index contributed by atoms with van der Waals surface area (Å²) in [4.78, 5) is 25.9. The van der Waals surface area contributed by atoms with Crippen molar-refractivity contribution >= 4 is 33.4 Å². The molecule has 1 aliphatic rings. The van der Waals surface area contributed by atoms with Crippen LogP contribution in [0.5, 0.6) is 0 Å². The summed E-state index contributed by atoms with van der Waals surface area (Å²) in [6.07, 6.45) is 3.00. The van der Waals surface area contributed by atoms with Crippen molar-refractivity contribution in [1.29, 1.82) is 0 Å². The van der Waals surface area contributed by atoms with E-state index in [0.29, 0.717) is 24.5 Å². The van der Waals surface area contributed by atoms with E-state index in [1.165, 1.54) is 12.1 Å². The fourth-order valence-electron chi connectivity index (χ4n) is 3.02. The van der Waals surface area contributed by atoms with Gasteiger partial charge in [0.25, 0.3) is 0 Å². The van der Waals surface area contributed by atoms with Crippen molar-refractivity contribution in [3.63, 3.8) is 0 Å². The van der Waals surface area contributed by atoms with E-state index in [-0.39, 0.29) is 35.7 Å². The normalized spacial score (nSPS) is 17.6. The van der Waals surface area contributed by atoms with Gasteiger partial charge in [0, 0.05) is 43.5 Å². The van der Waals surface area contributed by atoms with Crippen molar-refractivity contribution in [2.75, 3.05) is 19.6 Å². The Bertz CT molecular complexity index is 770. The summed E-state index contributed by atoms with van der Waals surface area (Å²) in [5, 5.41) is 3.29. The molecule has 0 spiro atoms. The monoisotopic (exact) mass is 415 g/mol. The molecule has 1 unspecified atom stereocenters. The van der Waals surface area contributed by atoms with E-state index < -0.39 is 10.0 Å². The summed E-state index contributed by atoms with van der Waals surface area (Å²) in [5.41, 5.74) is 0. The van der Waals surface area contributed by atoms with Crippen LogP contribution in [0, 0.1) is 0 Å². The molecular weight excluding hydrogens is 390 g/mol. The van der Waals surface area contributed by atoms with Gasteiger partial charge in [-0.15, -0.1) is 0 Å². The number of carbonyl (C=O) groups is 2. The predicted octanol–water partition coefficient (Wildman–Crippen LogP) is 1.92. The molecule has 9 heteroatoms. The molecule has 0 bridgehead atoms. The summed E-state index contributed by atoms with van der Waals surface area (Å²) < 4.78 is 26.9. The van der Waals surface area contributed by atoms with Crippen molar-refractivity contribution < 1.29 is 18.0 Å². The van der Waals surface area contributed by atoms with Crippen molar-refractivity contribution in [2.45, 2.75) is 50.0 Å². The molecule has 0 saturated carbocycles. The molecule has 1 aliphatic heterocycles. The van der Waals surface area contributed by atoms with Crippen molar-refractivity contribution in [3.05, 3.63) is 29.3 Å². The van der Waals surface area contributed by atoms with E-state index in [2.05, 4.69) is 10.0 Å². The maximum atomic E-state index is 12.4. The number of amides is 2. The number of nitrogens with one attached hydrogen (secondary N) is 2. The number of benzene rings is 1. The Hall–Kier alpha value is -1.64. The zero-order chi connectivity index (χ0) is 19.9. The third-order valence-corrected chi connectivity index (χ3v) is 6.05. The molecule has 2 N–H and O–H groups in total. The Balaban J connectivity index is 1.82. The van der Waals surface area contributed by atoms with Gasteiger partial charge in [-0.05, 0) is 37.5 Å². The van der Waals surface area contributed by atoms with Gasteiger partial charge in [0.05, 0.1) is 4.90 Å². The molecule has 1 aromatic carbocycles. The minimum absolute atomic E-state index is 0.00563. The van der Waals surface area contributed by atoms with Gasteiger partial charge in [-0.25, -0.2) is 13.1 Å². The van der Waals surface area contributed by atoms with E-state index in [0.717, 1.165) is 19.3 Å². The molecule has 0 aliphatic carbocycles. The summed E-state index contributed by atoms with van der Waals surface area (Å²) in [6, 6.07) is 5.92. The van der Waals surface area contributed by atoms with Crippen LogP contribution in [-0.2, 0) is 19.6 Å². The van der Waals surface area contributed by atoms with E-state index in [9.17, 15) is 18.0 Å². The standard InChI is InChI=1S/C18H26ClN3O4S/c1-2-5-17(23)21-15-7-4-11-22(13-15)18(24)9-10-20-27(25,26)16-8-3-6-14(19)12-16/h3,6,8,12,15,20H,2,4-5,7,9-11,13H2,1H3,(H,21,23). The highest BCUT2D eigenvalue weighted by molar-refractivity contribution is 7.89. The molecule has 0 aromatic heterocycles. The second-order valence-electron chi connectivity index (χ2n) is 6.60. The number of nitrogens with zero attached hydrogens (tertiary/aromatic N) is 1. The predicted molar refractivity (Wildman–Crippen MR) is 104 cm³/mol. The number of piperidine rings is 1. The Morgan fingerprint density at radius 1 is 1.30 bits per heavy atom. The topological polar surface area (TPSA) is 95.6 Å². The number of hydrogen-bond donors (Lipinski definition) is 2. The Morgan fingerprint density at radius 2 is 2.07 bits per heavy atom. The highest BCUT2D eigenvalue weighted by Crippen LogP contribution is 2.15.